The van der Waals surface area contributed by atoms with E-state index in [2.05, 4.69) is 25.6 Å². The lowest BCUT2D eigenvalue weighted by molar-refractivity contribution is -0.123. The molecule has 6 nitrogen and oxygen atoms in total. The normalized spacial score (nSPS) is 19.3. The predicted molar refractivity (Wildman–Crippen MR) is 97.3 cm³/mol. The zero-order valence-electron chi connectivity index (χ0n) is 13.2. The quantitative estimate of drug-likeness (QED) is 0.637. The number of piperidine rings is 1. The maximum atomic E-state index is 12.3. The number of benzene rings is 1. The van der Waals surface area contributed by atoms with Crippen molar-refractivity contribution in [2.45, 2.75) is 24.2 Å². The van der Waals surface area contributed by atoms with Crippen LogP contribution in [0.2, 0.25) is 5.02 Å². The number of primary amides is 1. The van der Waals surface area contributed by atoms with Gasteiger partial charge < -0.3 is 10.6 Å². The number of likely N-dealkylation sites (tertiary alicyclic amines) is 1. The number of carbonyl (C=O) groups is 1. The monoisotopic (exact) mass is 437 g/mol. The van der Waals surface area contributed by atoms with Gasteiger partial charge >= 0.3 is 0 Å². The summed E-state index contributed by atoms with van der Waals surface area (Å²) in [5.41, 5.74) is 5.36. The summed E-state index contributed by atoms with van der Waals surface area (Å²) in [6.45, 7) is 2.60. The average Bonchev–Trinajstić information content (AvgIpc) is 2.51. The van der Waals surface area contributed by atoms with Crippen LogP contribution in [-0.4, -0.2) is 45.4 Å². The van der Waals surface area contributed by atoms with E-state index < -0.39 is 10.0 Å². The average molecular weight is 439 g/mol. The second kappa shape index (κ2) is 8.62. The fraction of sp³-hybridized carbons (Fsp3) is 0.533. The molecule has 0 spiro atoms. The highest BCUT2D eigenvalue weighted by Gasteiger charge is 2.23. The first kappa shape index (κ1) is 19.7. The molecule has 0 radical (unpaired) electrons. The molecule has 2 rings (SSSR count). The summed E-state index contributed by atoms with van der Waals surface area (Å²) in [7, 11) is -3.63. The van der Waals surface area contributed by atoms with Crippen LogP contribution in [0.25, 0.3) is 0 Å². The Morgan fingerprint density at radius 1 is 1.46 bits per heavy atom. The highest BCUT2D eigenvalue weighted by molar-refractivity contribution is 9.10. The molecule has 0 bridgehead atoms. The molecular weight excluding hydrogens is 418 g/mol. The molecule has 1 aliphatic heterocycles. The summed E-state index contributed by atoms with van der Waals surface area (Å²) in [6.07, 6.45) is 2.42. The van der Waals surface area contributed by atoms with E-state index in [0.717, 1.165) is 30.4 Å². The lowest BCUT2D eigenvalue weighted by Crippen LogP contribution is -2.42. The first-order valence-electron chi connectivity index (χ1n) is 7.76. The third-order valence-corrected chi connectivity index (χ3v) is 6.47. The van der Waals surface area contributed by atoms with Gasteiger partial charge in [-0.3, -0.25) is 4.79 Å². The van der Waals surface area contributed by atoms with Gasteiger partial charge in [-0.05, 0) is 50.6 Å². The van der Waals surface area contributed by atoms with E-state index in [-0.39, 0.29) is 21.7 Å². The van der Waals surface area contributed by atoms with Crippen molar-refractivity contribution >= 4 is 43.5 Å². The van der Waals surface area contributed by atoms with E-state index in [4.69, 9.17) is 17.3 Å². The van der Waals surface area contributed by atoms with Crippen LogP contribution in [0.5, 0.6) is 0 Å². The Balaban J connectivity index is 1.82. The molecule has 1 amide bonds. The lowest BCUT2D eigenvalue weighted by atomic mass is 9.97. The number of rotatable bonds is 7. The summed E-state index contributed by atoms with van der Waals surface area (Å²) < 4.78 is 27.8. The van der Waals surface area contributed by atoms with Gasteiger partial charge in [0.2, 0.25) is 15.9 Å². The summed E-state index contributed by atoms with van der Waals surface area (Å²) in [4.78, 5) is 13.5. The molecule has 1 fully saturated rings. The summed E-state index contributed by atoms with van der Waals surface area (Å²) in [5, 5.41) is 0.178. The topological polar surface area (TPSA) is 92.5 Å². The van der Waals surface area contributed by atoms with Crippen LogP contribution < -0.4 is 10.5 Å². The third-order valence-electron chi connectivity index (χ3n) is 4.03. The minimum atomic E-state index is -3.63. The standard InChI is InChI=1S/C15H21BrClN3O3S/c16-12-4-5-14(13(17)9-12)24(22,23)19-6-2-8-20-7-1-3-11(10-20)15(18)21/h4-5,9,11,19H,1-3,6-8,10H2,(H2,18,21). The van der Waals surface area contributed by atoms with Crippen molar-refractivity contribution in [3.63, 3.8) is 0 Å². The van der Waals surface area contributed by atoms with E-state index in [0.29, 0.717) is 19.5 Å². The van der Waals surface area contributed by atoms with Crippen molar-refractivity contribution in [1.82, 2.24) is 9.62 Å². The predicted octanol–water partition coefficient (Wildman–Crippen LogP) is 1.97. The van der Waals surface area contributed by atoms with Crippen LogP contribution in [0.4, 0.5) is 0 Å². The number of halogens is 2. The Hall–Kier alpha value is -0.670. The van der Waals surface area contributed by atoms with Crippen molar-refractivity contribution in [1.29, 1.82) is 0 Å². The number of nitrogens with zero attached hydrogens (tertiary/aromatic N) is 1. The molecule has 24 heavy (non-hydrogen) atoms. The van der Waals surface area contributed by atoms with E-state index >= 15 is 0 Å². The maximum absolute atomic E-state index is 12.3. The van der Waals surface area contributed by atoms with Crippen molar-refractivity contribution in [2.24, 2.45) is 11.7 Å². The second-order valence-electron chi connectivity index (χ2n) is 5.87. The van der Waals surface area contributed by atoms with E-state index in [1.807, 2.05) is 0 Å². The van der Waals surface area contributed by atoms with Gasteiger partial charge in [0.25, 0.3) is 0 Å². The Bertz CT molecular complexity index is 699. The number of nitrogens with two attached hydrogens (primary N) is 1. The van der Waals surface area contributed by atoms with Crippen molar-refractivity contribution in [3.8, 4) is 0 Å². The molecule has 1 unspecified atom stereocenters. The van der Waals surface area contributed by atoms with Gasteiger partial charge in [-0.2, -0.15) is 0 Å². The molecule has 1 saturated heterocycles. The molecule has 1 aromatic carbocycles. The highest BCUT2D eigenvalue weighted by atomic mass is 79.9. The van der Waals surface area contributed by atoms with E-state index in [1.165, 1.54) is 6.07 Å². The molecule has 1 aromatic rings. The second-order valence-corrected chi connectivity index (χ2v) is 8.93. The number of carbonyl (C=O) groups excluding carboxylic acids is 1. The smallest absolute Gasteiger partial charge is 0.242 e. The van der Waals surface area contributed by atoms with Gasteiger partial charge in [-0.25, -0.2) is 13.1 Å². The molecule has 0 aliphatic carbocycles. The minimum Gasteiger partial charge on any atom is -0.369 e. The zero-order chi connectivity index (χ0) is 17.7. The van der Waals surface area contributed by atoms with Crippen LogP contribution >= 0.6 is 27.5 Å². The van der Waals surface area contributed by atoms with Crippen LogP contribution in [0.15, 0.2) is 27.6 Å². The Labute approximate surface area is 155 Å². The third kappa shape index (κ3) is 5.42. The van der Waals surface area contributed by atoms with Gasteiger partial charge in [0.1, 0.15) is 4.90 Å². The summed E-state index contributed by atoms with van der Waals surface area (Å²) in [5.74, 6) is -0.359. The van der Waals surface area contributed by atoms with Crippen LogP contribution in [-0.2, 0) is 14.8 Å². The fourth-order valence-electron chi connectivity index (χ4n) is 2.77. The van der Waals surface area contributed by atoms with Gasteiger partial charge in [-0.15, -0.1) is 0 Å². The number of hydrogen-bond acceptors (Lipinski definition) is 4. The van der Waals surface area contributed by atoms with Crippen LogP contribution in [0, 0.1) is 5.92 Å². The van der Waals surface area contributed by atoms with E-state index in [1.54, 1.807) is 12.1 Å². The van der Waals surface area contributed by atoms with Crippen molar-refractivity contribution in [3.05, 3.63) is 27.7 Å². The largest absolute Gasteiger partial charge is 0.369 e. The summed E-state index contributed by atoms with van der Waals surface area (Å²) >= 11 is 9.24. The molecule has 1 aliphatic rings. The first-order chi connectivity index (χ1) is 11.3. The van der Waals surface area contributed by atoms with Gasteiger partial charge in [0, 0.05) is 17.6 Å². The SMILES string of the molecule is NC(=O)C1CCCN(CCCNS(=O)(=O)c2ccc(Br)cc2Cl)C1. The molecule has 1 atom stereocenters. The maximum Gasteiger partial charge on any atom is 0.242 e. The molecular formula is C15H21BrClN3O3S. The fourth-order valence-corrected chi connectivity index (χ4v) is 4.88. The molecule has 0 aromatic heterocycles. The van der Waals surface area contributed by atoms with Gasteiger partial charge in [0.15, 0.2) is 0 Å². The van der Waals surface area contributed by atoms with Crippen molar-refractivity contribution in [2.75, 3.05) is 26.2 Å². The zero-order valence-corrected chi connectivity index (χ0v) is 16.3. The minimum absolute atomic E-state index is 0.0686. The Morgan fingerprint density at radius 3 is 2.88 bits per heavy atom. The Kier molecular flexibility index (Phi) is 7.06. The number of sulfonamides is 1. The van der Waals surface area contributed by atoms with E-state index in [9.17, 15) is 13.2 Å². The summed E-state index contributed by atoms with van der Waals surface area (Å²) in [6, 6.07) is 4.66. The number of amides is 1. The lowest BCUT2D eigenvalue weighted by Gasteiger charge is -2.31. The number of nitrogens with one attached hydrogen (secondary N) is 1. The highest BCUT2D eigenvalue weighted by Crippen LogP contribution is 2.25. The van der Waals surface area contributed by atoms with Crippen LogP contribution in [0.1, 0.15) is 19.3 Å². The van der Waals surface area contributed by atoms with Crippen LogP contribution in [0.3, 0.4) is 0 Å². The molecule has 1 heterocycles. The van der Waals surface area contributed by atoms with Crippen molar-refractivity contribution < 1.29 is 13.2 Å². The molecule has 3 N–H and O–H groups in total. The van der Waals surface area contributed by atoms with Gasteiger partial charge in [-0.1, -0.05) is 27.5 Å². The number of hydrogen-bond donors (Lipinski definition) is 2. The molecule has 0 saturated carbocycles. The molecule has 134 valence electrons. The molecule has 9 heteroatoms. The first-order valence-corrected chi connectivity index (χ1v) is 10.4. The Morgan fingerprint density at radius 2 is 2.21 bits per heavy atom. The van der Waals surface area contributed by atoms with Gasteiger partial charge in [0.05, 0.1) is 10.9 Å².